The lowest BCUT2D eigenvalue weighted by Crippen LogP contribution is -2.27. The first-order valence-electron chi connectivity index (χ1n) is 8.36. The van der Waals surface area contributed by atoms with Crippen molar-refractivity contribution in [2.75, 3.05) is 18.5 Å². The van der Waals surface area contributed by atoms with Crippen LogP contribution in [0.3, 0.4) is 0 Å². The van der Waals surface area contributed by atoms with Crippen LogP contribution in [-0.4, -0.2) is 30.3 Å². The van der Waals surface area contributed by atoms with E-state index in [2.05, 4.69) is 38.4 Å². The maximum Gasteiger partial charge on any atom is 0.193 e. The molecule has 0 radical (unpaired) electrons. The summed E-state index contributed by atoms with van der Waals surface area (Å²) in [5.41, 5.74) is 9.63. The number of nitrogens with zero attached hydrogens (tertiary/aromatic N) is 1. The van der Waals surface area contributed by atoms with Crippen molar-refractivity contribution in [3.63, 3.8) is 0 Å². The summed E-state index contributed by atoms with van der Waals surface area (Å²) in [5, 5.41) is 13.1. The van der Waals surface area contributed by atoms with Crippen molar-refractivity contribution < 1.29 is 9.84 Å². The topological polar surface area (TPSA) is 79.9 Å². The summed E-state index contributed by atoms with van der Waals surface area (Å²) in [4.78, 5) is 4.19. The van der Waals surface area contributed by atoms with E-state index < -0.39 is 6.10 Å². The number of aliphatic hydroxyl groups excluding tert-OH is 1. The van der Waals surface area contributed by atoms with E-state index in [0.717, 1.165) is 23.0 Å². The molecule has 0 aromatic heterocycles. The van der Waals surface area contributed by atoms with Crippen LogP contribution in [0.15, 0.2) is 51.9 Å². The molecule has 2 aromatic carbocycles. The van der Waals surface area contributed by atoms with E-state index in [4.69, 9.17) is 10.5 Å². The Hall–Kier alpha value is -1.32. The molecule has 1 aliphatic rings. The van der Waals surface area contributed by atoms with Crippen LogP contribution in [0.4, 0.5) is 5.69 Å². The number of nitrogens with one attached hydrogen (secondary N) is 1. The lowest BCUT2D eigenvalue weighted by Gasteiger charge is -2.12. The molecule has 0 heterocycles. The van der Waals surface area contributed by atoms with E-state index in [9.17, 15) is 5.11 Å². The number of hydrogen-bond donors (Lipinski definition) is 3. The maximum atomic E-state index is 10.0. The molecule has 3 rings (SSSR count). The predicted molar refractivity (Wildman–Crippen MR) is 120 cm³/mol. The molecule has 2 aromatic rings. The minimum Gasteiger partial charge on any atom is -0.490 e. The highest BCUT2D eigenvalue weighted by Crippen LogP contribution is 2.25. The Labute approximate surface area is 179 Å². The number of halogens is 2. The van der Waals surface area contributed by atoms with Crippen LogP contribution in [-0.2, 0) is 12.8 Å². The number of fused-ring (bicyclic) bond motifs is 1. The molecule has 7 heteroatoms. The molecule has 0 spiro atoms. The lowest BCUT2D eigenvalue weighted by molar-refractivity contribution is 0.114. The van der Waals surface area contributed by atoms with Gasteiger partial charge in [-0.05, 0) is 70.6 Å². The van der Waals surface area contributed by atoms with Crippen molar-refractivity contribution >= 4 is 51.6 Å². The van der Waals surface area contributed by atoms with Crippen molar-refractivity contribution in [2.45, 2.75) is 25.4 Å². The number of guanidine groups is 1. The number of para-hydroxylation sites is 1. The van der Waals surface area contributed by atoms with E-state index in [0.29, 0.717) is 5.75 Å². The standard InChI is InChI=1S/C19H22BrN3O2.HI/c20-17-6-1-2-7-18(17)25-12-16(24)11-22-19(21)23-15-9-8-13-4-3-5-14(13)10-15;/h1-2,6-10,16,24H,3-5,11-12H2,(H3,21,22,23);1H. The van der Waals surface area contributed by atoms with Gasteiger partial charge in [-0.15, -0.1) is 24.0 Å². The molecule has 0 fully saturated rings. The van der Waals surface area contributed by atoms with E-state index in [1.54, 1.807) is 0 Å². The van der Waals surface area contributed by atoms with Gasteiger partial charge in [0.15, 0.2) is 5.96 Å². The first kappa shape index (κ1) is 21.0. The van der Waals surface area contributed by atoms with Crippen LogP contribution in [0, 0.1) is 0 Å². The number of nitrogens with two attached hydrogens (primary N) is 1. The van der Waals surface area contributed by atoms with Crippen molar-refractivity contribution in [1.29, 1.82) is 0 Å². The third kappa shape index (κ3) is 5.85. The molecule has 1 unspecified atom stereocenters. The van der Waals surface area contributed by atoms with Crippen LogP contribution in [0.1, 0.15) is 17.5 Å². The number of anilines is 1. The largest absolute Gasteiger partial charge is 0.490 e. The molecule has 140 valence electrons. The number of aryl methyl sites for hydroxylation is 2. The van der Waals surface area contributed by atoms with Crippen molar-refractivity contribution in [3.05, 3.63) is 58.1 Å². The summed E-state index contributed by atoms with van der Waals surface area (Å²) in [7, 11) is 0. The summed E-state index contributed by atoms with van der Waals surface area (Å²) in [6.45, 7) is 0.326. The van der Waals surface area contributed by atoms with E-state index in [1.807, 2.05) is 30.3 Å². The Kier molecular flexibility index (Phi) is 8.17. The minimum atomic E-state index is -0.729. The third-order valence-corrected chi connectivity index (χ3v) is 4.77. The molecule has 1 atom stereocenters. The summed E-state index contributed by atoms with van der Waals surface area (Å²) < 4.78 is 6.42. The van der Waals surface area contributed by atoms with Crippen molar-refractivity contribution in [1.82, 2.24) is 0 Å². The smallest absolute Gasteiger partial charge is 0.193 e. The maximum absolute atomic E-state index is 10.0. The van der Waals surface area contributed by atoms with E-state index in [-0.39, 0.29) is 43.1 Å². The van der Waals surface area contributed by atoms with Gasteiger partial charge in [0, 0.05) is 5.69 Å². The van der Waals surface area contributed by atoms with Gasteiger partial charge >= 0.3 is 0 Å². The molecule has 0 aliphatic heterocycles. The normalized spacial score (nSPS) is 14.3. The molecule has 0 bridgehead atoms. The van der Waals surface area contributed by atoms with Gasteiger partial charge in [0.25, 0.3) is 0 Å². The molecule has 0 amide bonds. The highest BCUT2D eigenvalue weighted by Gasteiger charge is 2.11. The number of rotatable bonds is 6. The van der Waals surface area contributed by atoms with E-state index >= 15 is 0 Å². The first-order valence-corrected chi connectivity index (χ1v) is 9.15. The minimum absolute atomic E-state index is 0. The monoisotopic (exact) mass is 531 g/mol. The summed E-state index contributed by atoms with van der Waals surface area (Å²) in [5.74, 6) is 0.979. The highest BCUT2D eigenvalue weighted by molar-refractivity contribution is 14.0. The molecule has 0 saturated carbocycles. The zero-order chi connectivity index (χ0) is 17.6. The average molecular weight is 532 g/mol. The fraction of sp³-hybridized carbons (Fsp3) is 0.316. The summed E-state index contributed by atoms with van der Waals surface area (Å²) >= 11 is 3.40. The van der Waals surface area contributed by atoms with Crippen LogP contribution >= 0.6 is 39.9 Å². The van der Waals surface area contributed by atoms with Crippen LogP contribution in [0.25, 0.3) is 0 Å². The molecule has 5 nitrogen and oxygen atoms in total. The highest BCUT2D eigenvalue weighted by atomic mass is 127. The Morgan fingerprint density at radius 3 is 2.81 bits per heavy atom. The number of ether oxygens (including phenoxy) is 1. The quantitative estimate of drug-likeness (QED) is 0.301. The Bertz CT molecular complexity index is 770. The second-order valence-electron chi connectivity index (χ2n) is 6.08. The zero-order valence-corrected chi connectivity index (χ0v) is 18.2. The molecule has 0 saturated heterocycles. The zero-order valence-electron chi connectivity index (χ0n) is 14.3. The first-order chi connectivity index (χ1) is 12.1. The van der Waals surface area contributed by atoms with Crippen LogP contribution in [0.5, 0.6) is 5.75 Å². The second-order valence-corrected chi connectivity index (χ2v) is 6.94. The van der Waals surface area contributed by atoms with Crippen molar-refractivity contribution in [3.8, 4) is 5.75 Å². The Morgan fingerprint density at radius 1 is 1.23 bits per heavy atom. The summed E-state index contributed by atoms with van der Waals surface area (Å²) in [6, 6.07) is 13.8. The van der Waals surface area contributed by atoms with Gasteiger partial charge in [-0.25, -0.2) is 0 Å². The SMILES string of the molecule is I.NC(=NCC(O)COc1ccccc1Br)Nc1ccc2c(c1)CCC2. The van der Waals surface area contributed by atoms with E-state index in [1.165, 1.54) is 17.5 Å². The van der Waals surface area contributed by atoms with Gasteiger partial charge in [-0.1, -0.05) is 18.2 Å². The average Bonchev–Trinajstić information content (AvgIpc) is 3.07. The van der Waals surface area contributed by atoms with Gasteiger partial charge in [-0.3, -0.25) is 4.99 Å². The lowest BCUT2D eigenvalue weighted by atomic mass is 10.1. The summed E-state index contributed by atoms with van der Waals surface area (Å²) in [6.07, 6.45) is 2.76. The molecular weight excluding hydrogens is 509 g/mol. The molecule has 26 heavy (non-hydrogen) atoms. The Balaban J connectivity index is 0.00000243. The molecule has 1 aliphatic carbocycles. The van der Waals surface area contributed by atoms with Gasteiger partial charge in [0.05, 0.1) is 11.0 Å². The van der Waals surface area contributed by atoms with Crippen LogP contribution in [0.2, 0.25) is 0 Å². The van der Waals surface area contributed by atoms with Gasteiger partial charge in [-0.2, -0.15) is 0 Å². The van der Waals surface area contributed by atoms with Gasteiger partial charge in [0.1, 0.15) is 18.5 Å². The third-order valence-electron chi connectivity index (χ3n) is 4.11. The fourth-order valence-electron chi connectivity index (χ4n) is 2.84. The van der Waals surface area contributed by atoms with Gasteiger partial charge < -0.3 is 20.9 Å². The number of hydrogen-bond acceptors (Lipinski definition) is 3. The van der Waals surface area contributed by atoms with Crippen LogP contribution < -0.4 is 15.8 Å². The second kappa shape index (κ2) is 10.1. The fourth-order valence-corrected chi connectivity index (χ4v) is 3.24. The Morgan fingerprint density at radius 2 is 2.00 bits per heavy atom. The number of aliphatic imine (C=N–C) groups is 1. The number of aliphatic hydroxyl groups is 1. The number of benzene rings is 2. The van der Waals surface area contributed by atoms with Gasteiger partial charge in [0.2, 0.25) is 0 Å². The molecular formula is C19H23BrIN3O2. The van der Waals surface area contributed by atoms with Crippen molar-refractivity contribution in [2.24, 2.45) is 10.7 Å². The molecule has 4 N–H and O–H groups in total. The predicted octanol–water partition coefficient (Wildman–Crippen LogP) is 3.72.